The van der Waals surface area contributed by atoms with Gasteiger partial charge < -0.3 is 0 Å². The van der Waals surface area contributed by atoms with Gasteiger partial charge in [-0.25, -0.2) is 0 Å². The van der Waals surface area contributed by atoms with Crippen molar-refractivity contribution >= 4 is 0 Å². The average molecular weight is 321 g/mol. The number of hydrogen-bond donors (Lipinski definition) is 0. The van der Waals surface area contributed by atoms with Crippen LogP contribution in [0.1, 0.15) is 129 Å². The standard InChI is InChI=1S/C23H44/c1-2-3-4-5-6-7-8-9-10-11-12-13-14-15-16-17-20-23-21-18-19-22-23/h18,21,23H,2-17,19-20,22H2,1H3. The topological polar surface area (TPSA) is 0 Å². The molecule has 1 aliphatic carbocycles. The first-order valence-corrected chi connectivity index (χ1v) is 11.1. The Morgan fingerprint density at radius 3 is 1.43 bits per heavy atom. The van der Waals surface area contributed by atoms with Gasteiger partial charge in [0.25, 0.3) is 0 Å². The zero-order valence-electron chi connectivity index (χ0n) is 16.2. The molecule has 23 heavy (non-hydrogen) atoms. The Hall–Kier alpha value is -0.260. The summed E-state index contributed by atoms with van der Waals surface area (Å²) in [6.07, 6.45) is 32.6. The van der Waals surface area contributed by atoms with Crippen molar-refractivity contribution in [2.24, 2.45) is 5.92 Å². The summed E-state index contributed by atoms with van der Waals surface area (Å²) < 4.78 is 0. The fourth-order valence-corrected chi connectivity index (χ4v) is 3.89. The molecule has 0 saturated heterocycles. The molecule has 1 rings (SSSR count). The van der Waals surface area contributed by atoms with E-state index in [1.807, 2.05) is 0 Å². The van der Waals surface area contributed by atoms with Crippen LogP contribution in [0, 0.1) is 5.92 Å². The molecule has 0 saturated carbocycles. The highest BCUT2D eigenvalue weighted by Crippen LogP contribution is 2.23. The number of unbranched alkanes of at least 4 members (excludes halogenated alkanes) is 15. The highest BCUT2D eigenvalue weighted by molar-refractivity contribution is 4.95. The Morgan fingerprint density at radius 2 is 1.04 bits per heavy atom. The molecule has 0 fully saturated rings. The van der Waals surface area contributed by atoms with Crippen LogP contribution in [-0.2, 0) is 0 Å². The molecule has 0 nitrogen and oxygen atoms in total. The lowest BCUT2D eigenvalue weighted by atomic mass is 9.99. The van der Waals surface area contributed by atoms with Crippen LogP contribution in [-0.4, -0.2) is 0 Å². The van der Waals surface area contributed by atoms with Crippen LogP contribution in [0.4, 0.5) is 0 Å². The molecule has 0 N–H and O–H groups in total. The van der Waals surface area contributed by atoms with Crippen molar-refractivity contribution in [3.8, 4) is 0 Å². The maximum absolute atomic E-state index is 2.45. The predicted octanol–water partition coefficient (Wildman–Crippen LogP) is 8.60. The Morgan fingerprint density at radius 1 is 0.609 bits per heavy atom. The van der Waals surface area contributed by atoms with E-state index in [9.17, 15) is 0 Å². The molecule has 0 aromatic heterocycles. The van der Waals surface area contributed by atoms with Gasteiger partial charge in [-0.1, -0.05) is 122 Å². The van der Waals surface area contributed by atoms with E-state index in [0.29, 0.717) is 0 Å². The number of rotatable bonds is 17. The van der Waals surface area contributed by atoms with Gasteiger partial charge in [0.1, 0.15) is 0 Å². The zero-order valence-corrected chi connectivity index (χ0v) is 16.2. The van der Waals surface area contributed by atoms with Gasteiger partial charge in [0.15, 0.2) is 0 Å². The zero-order chi connectivity index (χ0) is 16.4. The van der Waals surface area contributed by atoms with E-state index < -0.39 is 0 Å². The van der Waals surface area contributed by atoms with Crippen molar-refractivity contribution in [3.63, 3.8) is 0 Å². The van der Waals surface area contributed by atoms with Gasteiger partial charge in [-0.15, -0.1) is 0 Å². The van der Waals surface area contributed by atoms with Crippen molar-refractivity contribution in [1.29, 1.82) is 0 Å². The molecule has 1 aliphatic rings. The van der Waals surface area contributed by atoms with Gasteiger partial charge >= 0.3 is 0 Å². The van der Waals surface area contributed by atoms with Gasteiger partial charge in [0.05, 0.1) is 0 Å². The molecule has 0 bridgehead atoms. The van der Waals surface area contributed by atoms with E-state index in [0.717, 1.165) is 5.92 Å². The van der Waals surface area contributed by atoms with Crippen molar-refractivity contribution < 1.29 is 0 Å². The second-order valence-corrected chi connectivity index (χ2v) is 7.86. The van der Waals surface area contributed by atoms with Crippen molar-refractivity contribution in [2.45, 2.75) is 129 Å². The van der Waals surface area contributed by atoms with Crippen LogP contribution in [0.2, 0.25) is 0 Å². The third kappa shape index (κ3) is 13.8. The third-order valence-corrected chi connectivity index (χ3v) is 5.54. The summed E-state index contributed by atoms with van der Waals surface area (Å²) in [5.74, 6) is 0.932. The highest BCUT2D eigenvalue weighted by atomic mass is 14.1. The van der Waals surface area contributed by atoms with E-state index >= 15 is 0 Å². The molecule has 1 atom stereocenters. The van der Waals surface area contributed by atoms with Crippen LogP contribution < -0.4 is 0 Å². The van der Waals surface area contributed by atoms with E-state index in [2.05, 4.69) is 19.1 Å². The molecular formula is C23H44. The Bertz CT molecular complexity index is 253. The Kier molecular flexibility index (Phi) is 15.0. The first kappa shape index (κ1) is 20.8. The molecule has 136 valence electrons. The van der Waals surface area contributed by atoms with Crippen LogP contribution in [0.15, 0.2) is 12.2 Å². The Labute approximate surface area is 147 Å². The molecule has 0 heteroatoms. The lowest BCUT2D eigenvalue weighted by Crippen LogP contribution is -1.91. The Balaban J connectivity index is 1.64. The molecular weight excluding hydrogens is 276 g/mol. The van der Waals surface area contributed by atoms with Crippen LogP contribution in [0.25, 0.3) is 0 Å². The van der Waals surface area contributed by atoms with Gasteiger partial charge in [-0.2, -0.15) is 0 Å². The maximum Gasteiger partial charge on any atom is -0.0231 e. The SMILES string of the molecule is CCCCCCCCCCCCCCCCCCC1C=CCC1. The lowest BCUT2D eigenvalue weighted by Gasteiger charge is -2.07. The smallest absolute Gasteiger partial charge is 0.0231 e. The minimum absolute atomic E-state index is 0.932. The summed E-state index contributed by atoms with van der Waals surface area (Å²) in [5, 5.41) is 0. The quantitative estimate of drug-likeness (QED) is 0.186. The van der Waals surface area contributed by atoms with Crippen molar-refractivity contribution in [2.75, 3.05) is 0 Å². The molecule has 0 spiro atoms. The summed E-state index contributed by atoms with van der Waals surface area (Å²) in [4.78, 5) is 0. The molecule has 0 radical (unpaired) electrons. The van der Waals surface area contributed by atoms with E-state index in [1.165, 1.54) is 122 Å². The molecule has 0 aromatic rings. The summed E-state index contributed by atoms with van der Waals surface area (Å²) in [7, 11) is 0. The highest BCUT2D eigenvalue weighted by Gasteiger charge is 2.07. The summed E-state index contributed by atoms with van der Waals surface area (Å²) in [6, 6.07) is 0. The van der Waals surface area contributed by atoms with E-state index in [1.54, 1.807) is 0 Å². The summed E-state index contributed by atoms with van der Waals surface area (Å²) in [5.41, 5.74) is 0. The van der Waals surface area contributed by atoms with Gasteiger partial charge in [0, 0.05) is 0 Å². The first-order valence-electron chi connectivity index (χ1n) is 11.1. The van der Waals surface area contributed by atoms with Crippen molar-refractivity contribution in [1.82, 2.24) is 0 Å². The summed E-state index contributed by atoms with van der Waals surface area (Å²) >= 11 is 0. The van der Waals surface area contributed by atoms with Crippen molar-refractivity contribution in [3.05, 3.63) is 12.2 Å². The van der Waals surface area contributed by atoms with Gasteiger partial charge in [0.2, 0.25) is 0 Å². The number of hydrogen-bond acceptors (Lipinski definition) is 0. The molecule has 0 heterocycles. The molecule has 1 unspecified atom stereocenters. The van der Waals surface area contributed by atoms with Gasteiger partial charge in [-0.3, -0.25) is 0 Å². The minimum atomic E-state index is 0.932. The maximum atomic E-state index is 2.45. The normalized spacial score (nSPS) is 17.2. The first-order chi connectivity index (χ1) is 11.4. The molecule has 0 aromatic carbocycles. The lowest BCUT2D eigenvalue weighted by molar-refractivity contribution is 0.501. The monoisotopic (exact) mass is 320 g/mol. The minimum Gasteiger partial charge on any atom is -0.0882 e. The second-order valence-electron chi connectivity index (χ2n) is 7.86. The largest absolute Gasteiger partial charge is 0.0882 e. The van der Waals surface area contributed by atoms with E-state index in [4.69, 9.17) is 0 Å². The fraction of sp³-hybridized carbons (Fsp3) is 0.913. The second kappa shape index (κ2) is 16.6. The predicted molar refractivity (Wildman–Crippen MR) is 106 cm³/mol. The average Bonchev–Trinajstić information content (AvgIpc) is 3.08. The molecule has 0 amide bonds. The third-order valence-electron chi connectivity index (χ3n) is 5.54. The molecule has 0 aliphatic heterocycles. The van der Waals surface area contributed by atoms with Crippen LogP contribution in [0.3, 0.4) is 0 Å². The van der Waals surface area contributed by atoms with E-state index in [-0.39, 0.29) is 0 Å². The summed E-state index contributed by atoms with van der Waals surface area (Å²) in [6.45, 7) is 2.30. The number of allylic oxidation sites excluding steroid dienone is 2. The fourth-order valence-electron chi connectivity index (χ4n) is 3.89. The van der Waals surface area contributed by atoms with Gasteiger partial charge in [-0.05, 0) is 25.2 Å². The van der Waals surface area contributed by atoms with Crippen LogP contribution in [0.5, 0.6) is 0 Å². The van der Waals surface area contributed by atoms with Crippen LogP contribution >= 0.6 is 0 Å².